The van der Waals surface area contributed by atoms with Crippen LogP contribution < -0.4 is 23.7 Å². The SMILES string of the molecule is CC(F)(F)c1cccc(-c2ccccc2OC(c2cccnc2)c2cccnc2)c1.Cc1cc(Cl)cc(-c2ncccc2OC(c2cccnc2)c2cccnc2)c1.Clc1ccc(-c2ccccc2OC(c2cccnc2)c2cccnc2)cc1.N#Cc1ccc(-c2ccccc2OC(c2cccnc2)c2cccnc2)cc1.c1cncc(C(Oc2cccnc2-n2cnc3ccccc32)c2cccnc2)c1. The number of nitrogens with zero attached hydrogens (tertiary/aromatic N) is 15. The minimum Gasteiger partial charge on any atom is -0.480 e. The Morgan fingerprint density at radius 3 is 1.00 bits per heavy atom. The lowest BCUT2D eigenvalue weighted by molar-refractivity contribution is 0.0175. The molecule has 0 unspecified atom stereocenters. The number of fused-ring (bicyclic) bond motifs is 1. The summed E-state index contributed by atoms with van der Waals surface area (Å²) in [5.41, 5.74) is 19.9. The van der Waals surface area contributed by atoms with Gasteiger partial charge < -0.3 is 23.7 Å². The molecule has 13 heterocycles. The number of nitriles is 1. The number of hydrogen-bond acceptors (Lipinski definition) is 19. The number of aryl methyl sites for hydroxylation is 1. The van der Waals surface area contributed by atoms with E-state index in [1.807, 2.05) is 346 Å². The van der Waals surface area contributed by atoms with Crippen LogP contribution in [0.1, 0.15) is 110 Å². The highest BCUT2D eigenvalue weighted by atomic mass is 35.5. The lowest BCUT2D eigenvalue weighted by Gasteiger charge is -2.22. The highest BCUT2D eigenvalue weighted by Crippen LogP contribution is 2.43. The van der Waals surface area contributed by atoms with Gasteiger partial charge in [-0.2, -0.15) is 5.26 Å². The molecule has 0 aliphatic heterocycles. The van der Waals surface area contributed by atoms with Crippen LogP contribution >= 0.6 is 23.2 Å². The summed E-state index contributed by atoms with van der Waals surface area (Å²) < 4.78 is 62.0. The molecular weight excluding hydrogens is 1820 g/mol. The van der Waals surface area contributed by atoms with E-state index in [9.17, 15) is 8.78 Å². The van der Waals surface area contributed by atoms with Crippen molar-refractivity contribution in [2.45, 2.75) is 50.3 Å². The molecule has 694 valence electrons. The number of pyridine rings is 12. The molecule has 0 amide bonds. The first kappa shape index (κ1) is 95.7. The van der Waals surface area contributed by atoms with Crippen LogP contribution in [0.25, 0.3) is 61.5 Å². The van der Waals surface area contributed by atoms with Crippen molar-refractivity contribution in [3.8, 4) is 85.3 Å². The van der Waals surface area contributed by atoms with E-state index < -0.39 is 12.0 Å². The molecule has 0 atom stereocenters. The van der Waals surface area contributed by atoms with Gasteiger partial charge in [0.1, 0.15) is 35.0 Å². The first-order valence-electron chi connectivity index (χ1n) is 45.2. The molecule has 21 aromatic rings. The summed E-state index contributed by atoms with van der Waals surface area (Å²) in [5.74, 6) is 1.21. The van der Waals surface area contributed by atoms with Crippen molar-refractivity contribution in [1.82, 2.24) is 69.4 Å². The van der Waals surface area contributed by atoms with Gasteiger partial charge in [-0.15, -0.1) is 0 Å². The number of benzene rings is 8. The maximum Gasteiger partial charge on any atom is 0.270 e. The summed E-state index contributed by atoms with van der Waals surface area (Å²) in [6.07, 6.45) is 38.8. The van der Waals surface area contributed by atoms with Gasteiger partial charge >= 0.3 is 0 Å². The molecule has 13 aromatic heterocycles. The largest absolute Gasteiger partial charge is 0.480 e. The number of ether oxygens (including phenoxy) is 5. The molecule has 0 aliphatic carbocycles. The van der Waals surface area contributed by atoms with E-state index in [0.717, 1.165) is 130 Å². The van der Waals surface area contributed by atoms with Crippen LogP contribution in [0.2, 0.25) is 10.0 Å². The Hall–Kier alpha value is -18.0. The fourth-order valence-corrected chi connectivity index (χ4v) is 16.1. The Morgan fingerprint density at radius 1 is 0.296 bits per heavy atom. The smallest absolute Gasteiger partial charge is 0.270 e. The molecule has 0 aliphatic rings. The first-order chi connectivity index (χ1) is 69.8. The molecule has 0 N–H and O–H groups in total. The van der Waals surface area contributed by atoms with Gasteiger partial charge in [-0.1, -0.05) is 193 Å². The molecule has 21 rings (SSSR count). The van der Waals surface area contributed by atoms with E-state index in [2.05, 4.69) is 70.9 Å². The maximum atomic E-state index is 13.9. The maximum absolute atomic E-state index is 13.9. The van der Waals surface area contributed by atoms with Gasteiger partial charge in [0.15, 0.2) is 42.1 Å². The Kier molecular flexibility index (Phi) is 32.1. The lowest BCUT2D eigenvalue weighted by atomic mass is 9.99. The van der Waals surface area contributed by atoms with E-state index in [0.29, 0.717) is 44.2 Å². The average molecular weight is 1910 g/mol. The lowest BCUT2D eigenvalue weighted by Crippen LogP contribution is -2.12. The van der Waals surface area contributed by atoms with Gasteiger partial charge in [0.2, 0.25) is 0 Å². The second kappa shape index (κ2) is 47.6. The number of para-hydroxylation sites is 5. The van der Waals surface area contributed by atoms with E-state index in [-0.39, 0.29) is 30.0 Å². The number of imidazole rings is 1. The molecule has 0 fully saturated rings. The summed E-state index contributed by atoms with van der Waals surface area (Å²) >= 11 is 12.3. The fraction of sp³-hybridized carbons (Fsp3) is 0.0678. The molecule has 0 saturated heterocycles. The van der Waals surface area contributed by atoms with Gasteiger partial charge in [-0.05, 0) is 193 Å². The van der Waals surface area contributed by atoms with Gasteiger partial charge in [0.05, 0.1) is 22.7 Å². The molecule has 0 spiro atoms. The number of hydrogen-bond donors (Lipinski definition) is 0. The van der Waals surface area contributed by atoms with Crippen LogP contribution in [-0.2, 0) is 5.92 Å². The Morgan fingerprint density at radius 2 is 0.627 bits per heavy atom. The minimum absolute atomic E-state index is 0.0362. The summed E-state index contributed by atoms with van der Waals surface area (Å²) in [6, 6.07) is 107. The number of halogens is 4. The Labute approximate surface area is 830 Å². The predicted octanol–water partition coefficient (Wildman–Crippen LogP) is 27.6. The van der Waals surface area contributed by atoms with Gasteiger partial charge in [0.25, 0.3) is 5.92 Å². The van der Waals surface area contributed by atoms with E-state index in [1.54, 1.807) is 130 Å². The molecule has 24 heteroatoms. The van der Waals surface area contributed by atoms with Crippen LogP contribution in [0.4, 0.5) is 8.78 Å². The summed E-state index contributed by atoms with van der Waals surface area (Å²) in [6.45, 7) is 2.91. The zero-order chi connectivity index (χ0) is 97.5. The summed E-state index contributed by atoms with van der Waals surface area (Å²) in [7, 11) is 0. The summed E-state index contributed by atoms with van der Waals surface area (Å²) in [5, 5.41) is 10.4. The molecule has 0 radical (unpaired) electrons. The van der Waals surface area contributed by atoms with E-state index in [1.165, 1.54) is 12.1 Å². The van der Waals surface area contributed by atoms with Gasteiger partial charge in [-0.25, -0.2) is 18.7 Å². The van der Waals surface area contributed by atoms with Crippen LogP contribution in [0.3, 0.4) is 0 Å². The quantitative estimate of drug-likeness (QED) is 0.0489. The third-order valence-electron chi connectivity index (χ3n) is 22.4. The standard InChI is InChI=1S/C25H20F2N2O.C24H17N3O.C23H18ClN3O.C23H17ClN2O.C23H17N5O/c1-25(26,27)21-10-4-7-18(15-21)22-11-2-3-12-23(22)30-24(19-8-5-13-28-16-19)20-9-6-14-29-17-20;25-15-18-9-11-19(12-10-18)22-7-1-2-8-23(22)28-24(20-5-3-13-26-16-20)21-6-4-14-27-17-21;1-16-11-19(13-20(24)12-16)22-21(7-4-10-27-22)28-23(17-5-2-8-25-14-17)18-6-3-9-26-15-18;24-20-11-9-17(10-12-20)21-7-1-2-8-22(21)27-23(18-5-3-13-25-15-18)19-6-4-14-26-16-19;1-2-9-20-19(8-1)27-16-28(20)23-21(10-5-13-26-23)29-22(17-6-3-11-24-14-17)18-7-4-12-25-15-18/h2-17,24H,1H3;1-14,16-17,24H;2-15,23H,1H3;1-16,23H;1-16,22H. The molecule has 0 bridgehead atoms. The number of alkyl halides is 2. The Balaban J connectivity index is 0.000000122. The highest BCUT2D eigenvalue weighted by Gasteiger charge is 2.29. The number of aromatic nitrogens is 14. The van der Waals surface area contributed by atoms with Crippen LogP contribution in [0.15, 0.2) is 476 Å². The zero-order valence-corrected chi connectivity index (χ0v) is 78.2. The van der Waals surface area contributed by atoms with Crippen molar-refractivity contribution in [2.75, 3.05) is 0 Å². The highest BCUT2D eigenvalue weighted by molar-refractivity contribution is 6.31. The second-order valence-electron chi connectivity index (χ2n) is 32.3. The Bertz CT molecular complexity index is 7410. The van der Waals surface area contributed by atoms with Gasteiger partial charge in [-0.3, -0.25) is 59.4 Å². The third kappa shape index (κ3) is 25.0. The predicted molar refractivity (Wildman–Crippen MR) is 548 cm³/mol. The van der Waals surface area contributed by atoms with Crippen molar-refractivity contribution in [1.29, 1.82) is 5.26 Å². The van der Waals surface area contributed by atoms with Crippen molar-refractivity contribution < 1.29 is 32.5 Å². The normalized spacial score (nSPS) is 10.9. The molecule has 20 nitrogen and oxygen atoms in total. The van der Waals surface area contributed by atoms with Gasteiger partial charge in [0, 0.05) is 237 Å². The second-order valence-corrected chi connectivity index (χ2v) is 33.2. The monoisotopic (exact) mass is 1900 g/mol. The van der Waals surface area contributed by atoms with E-state index in [4.69, 9.17) is 52.1 Å². The minimum atomic E-state index is -2.92. The first-order valence-corrected chi connectivity index (χ1v) is 46.0. The zero-order valence-electron chi connectivity index (χ0n) is 76.7. The van der Waals surface area contributed by atoms with Crippen LogP contribution in [0, 0.1) is 18.3 Å². The molecular formula is C118H89Cl2F2N15O5. The molecule has 8 aromatic carbocycles. The van der Waals surface area contributed by atoms with Crippen molar-refractivity contribution in [2.24, 2.45) is 0 Å². The number of rotatable bonds is 26. The topological polar surface area (TPSA) is 242 Å². The van der Waals surface area contributed by atoms with Crippen LogP contribution in [-0.4, -0.2) is 69.4 Å². The molecule has 142 heavy (non-hydrogen) atoms. The van der Waals surface area contributed by atoms with E-state index >= 15 is 0 Å². The summed E-state index contributed by atoms with van der Waals surface area (Å²) in [4.78, 5) is 56.0. The fourth-order valence-electron chi connectivity index (χ4n) is 15.7. The third-order valence-corrected chi connectivity index (χ3v) is 22.9. The van der Waals surface area contributed by atoms with Crippen LogP contribution in [0.5, 0.6) is 28.7 Å². The van der Waals surface area contributed by atoms with Crippen molar-refractivity contribution in [3.63, 3.8) is 0 Å². The average Bonchev–Trinajstić information content (AvgIpc) is 1.66. The molecule has 0 saturated carbocycles. The van der Waals surface area contributed by atoms with Crippen molar-refractivity contribution >= 4 is 34.2 Å². The van der Waals surface area contributed by atoms with Crippen molar-refractivity contribution in [3.05, 3.63) is 559 Å².